The molecule has 0 aliphatic rings. The topological polar surface area (TPSA) is 114 Å². The van der Waals surface area contributed by atoms with E-state index >= 15 is 0 Å². The SMILES string of the molecule is Cc1ccc(C=NNC(=O)C(CC(C)C)NC(=O)c2ccc(Cl)cc2)cc1[N+](=O)[O-]. The van der Waals surface area contributed by atoms with Gasteiger partial charge in [0.25, 0.3) is 17.5 Å². The molecule has 0 aromatic heterocycles. The van der Waals surface area contributed by atoms with E-state index in [1.54, 1.807) is 43.3 Å². The van der Waals surface area contributed by atoms with Crippen molar-refractivity contribution in [2.45, 2.75) is 33.2 Å². The van der Waals surface area contributed by atoms with Crippen LogP contribution < -0.4 is 10.7 Å². The van der Waals surface area contributed by atoms with E-state index < -0.39 is 22.8 Å². The van der Waals surface area contributed by atoms with Gasteiger partial charge < -0.3 is 5.32 Å². The lowest BCUT2D eigenvalue weighted by Crippen LogP contribution is -2.46. The first-order valence-corrected chi connectivity index (χ1v) is 9.69. The summed E-state index contributed by atoms with van der Waals surface area (Å²) in [4.78, 5) is 35.5. The number of halogens is 1. The van der Waals surface area contributed by atoms with E-state index in [-0.39, 0.29) is 11.6 Å². The van der Waals surface area contributed by atoms with Crippen molar-refractivity contribution < 1.29 is 14.5 Å². The van der Waals surface area contributed by atoms with Crippen molar-refractivity contribution in [1.82, 2.24) is 10.7 Å². The first-order chi connectivity index (χ1) is 14.2. The zero-order valence-corrected chi connectivity index (χ0v) is 17.6. The van der Waals surface area contributed by atoms with Gasteiger partial charge >= 0.3 is 0 Å². The summed E-state index contributed by atoms with van der Waals surface area (Å²) in [5.74, 6) is -0.732. The monoisotopic (exact) mass is 430 g/mol. The van der Waals surface area contributed by atoms with Gasteiger partial charge in [-0.15, -0.1) is 0 Å². The van der Waals surface area contributed by atoms with E-state index in [0.29, 0.717) is 28.1 Å². The molecule has 0 saturated carbocycles. The summed E-state index contributed by atoms with van der Waals surface area (Å²) in [5, 5.41) is 18.1. The normalized spacial score (nSPS) is 12.0. The highest BCUT2D eigenvalue weighted by Gasteiger charge is 2.22. The van der Waals surface area contributed by atoms with Crippen LogP contribution >= 0.6 is 11.6 Å². The predicted molar refractivity (Wildman–Crippen MR) is 116 cm³/mol. The van der Waals surface area contributed by atoms with Gasteiger partial charge in [-0.05, 0) is 43.5 Å². The highest BCUT2D eigenvalue weighted by Crippen LogP contribution is 2.18. The van der Waals surface area contributed by atoms with Gasteiger partial charge in [0.2, 0.25) is 0 Å². The Morgan fingerprint density at radius 3 is 2.47 bits per heavy atom. The number of benzene rings is 2. The maximum absolute atomic E-state index is 12.6. The van der Waals surface area contributed by atoms with E-state index in [9.17, 15) is 19.7 Å². The van der Waals surface area contributed by atoms with E-state index in [4.69, 9.17) is 11.6 Å². The summed E-state index contributed by atoms with van der Waals surface area (Å²) >= 11 is 5.84. The Bertz CT molecular complexity index is 958. The summed E-state index contributed by atoms with van der Waals surface area (Å²) in [6.07, 6.45) is 1.73. The minimum absolute atomic E-state index is 0.0295. The van der Waals surface area contributed by atoms with Gasteiger partial charge in [0.05, 0.1) is 11.1 Å². The fraction of sp³-hybridized carbons (Fsp3) is 0.286. The molecule has 9 heteroatoms. The van der Waals surface area contributed by atoms with Crippen molar-refractivity contribution >= 4 is 35.3 Å². The molecule has 0 aliphatic heterocycles. The molecule has 1 unspecified atom stereocenters. The first kappa shape index (κ1) is 23.0. The standard InChI is InChI=1S/C21H23ClN4O4/c1-13(2)10-18(24-20(27)16-6-8-17(22)9-7-16)21(28)25-23-12-15-5-4-14(3)19(11-15)26(29)30/h4-9,11-13,18H,10H2,1-3H3,(H,24,27)(H,25,28). The summed E-state index contributed by atoms with van der Waals surface area (Å²) in [6.45, 7) is 5.51. The number of carbonyl (C=O) groups excluding carboxylic acids is 2. The Morgan fingerprint density at radius 2 is 1.87 bits per heavy atom. The Labute approximate surface area is 179 Å². The Balaban J connectivity index is 2.07. The van der Waals surface area contributed by atoms with Crippen LogP contribution in [0.1, 0.15) is 41.8 Å². The Kier molecular flexibility index (Phi) is 8.06. The number of nitrogens with one attached hydrogen (secondary N) is 2. The maximum atomic E-state index is 12.6. The number of hydrazone groups is 1. The van der Waals surface area contributed by atoms with E-state index in [2.05, 4.69) is 15.8 Å². The van der Waals surface area contributed by atoms with Crippen LogP contribution in [0, 0.1) is 23.0 Å². The third-order valence-electron chi connectivity index (χ3n) is 4.25. The number of nitrogens with zero attached hydrogens (tertiary/aromatic N) is 2. The highest BCUT2D eigenvalue weighted by molar-refractivity contribution is 6.30. The van der Waals surface area contributed by atoms with Crippen molar-refractivity contribution in [3.8, 4) is 0 Å². The fourth-order valence-corrected chi connectivity index (χ4v) is 2.82. The molecule has 0 saturated heterocycles. The van der Waals surface area contributed by atoms with Crippen LogP contribution in [0.3, 0.4) is 0 Å². The molecule has 0 bridgehead atoms. The van der Waals surface area contributed by atoms with Crippen LogP contribution in [0.2, 0.25) is 5.02 Å². The molecule has 0 fully saturated rings. The summed E-state index contributed by atoms with van der Waals surface area (Å²) in [6, 6.07) is 10.2. The van der Waals surface area contributed by atoms with Gasteiger partial charge in [0.1, 0.15) is 6.04 Å². The number of nitro groups is 1. The first-order valence-electron chi connectivity index (χ1n) is 9.31. The molecule has 158 valence electrons. The quantitative estimate of drug-likeness (QED) is 0.376. The van der Waals surface area contributed by atoms with Crippen molar-refractivity contribution in [3.05, 3.63) is 74.3 Å². The zero-order valence-electron chi connectivity index (χ0n) is 16.9. The molecule has 2 aromatic rings. The summed E-state index contributed by atoms with van der Waals surface area (Å²) in [5.41, 5.74) is 3.75. The van der Waals surface area contributed by atoms with Crippen LogP contribution in [-0.4, -0.2) is 29.0 Å². The second-order valence-electron chi connectivity index (χ2n) is 7.20. The molecule has 0 spiro atoms. The summed E-state index contributed by atoms with van der Waals surface area (Å²) in [7, 11) is 0. The maximum Gasteiger partial charge on any atom is 0.272 e. The molecule has 0 heterocycles. The van der Waals surface area contributed by atoms with Crippen LogP contribution in [-0.2, 0) is 4.79 Å². The van der Waals surface area contributed by atoms with Crippen molar-refractivity contribution in [2.24, 2.45) is 11.0 Å². The molecule has 30 heavy (non-hydrogen) atoms. The number of hydrogen-bond acceptors (Lipinski definition) is 5. The molecule has 0 radical (unpaired) electrons. The number of amides is 2. The average molecular weight is 431 g/mol. The molecule has 2 aromatic carbocycles. The van der Waals surface area contributed by atoms with Crippen LogP contribution in [0.25, 0.3) is 0 Å². The molecule has 2 amide bonds. The Morgan fingerprint density at radius 1 is 1.20 bits per heavy atom. The molecule has 1 atom stereocenters. The lowest BCUT2D eigenvalue weighted by molar-refractivity contribution is -0.385. The van der Waals surface area contributed by atoms with Gasteiger partial charge in [-0.2, -0.15) is 5.10 Å². The number of hydrogen-bond donors (Lipinski definition) is 2. The Hall–Kier alpha value is -3.26. The van der Waals surface area contributed by atoms with Gasteiger partial charge in [-0.3, -0.25) is 19.7 Å². The smallest absolute Gasteiger partial charge is 0.272 e. The average Bonchev–Trinajstić information content (AvgIpc) is 2.68. The van der Waals surface area contributed by atoms with E-state index in [1.807, 2.05) is 13.8 Å². The second kappa shape index (κ2) is 10.5. The van der Waals surface area contributed by atoms with Gasteiger partial charge in [-0.25, -0.2) is 5.43 Å². The summed E-state index contributed by atoms with van der Waals surface area (Å²) < 4.78 is 0. The zero-order chi connectivity index (χ0) is 22.3. The van der Waals surface area contributed by atoms with E-state index in [1.165, 1.54) is 12.3 Å². The number of nitro benzene ring substituents is 1. The molecule has 0 aliphatic carbocycles. The van der Waals surface area contributed by atoms with Gasteiger partial charge in [0, 0.05) is 27.8 Å². The lowest BCUT2D eigenvalue weighted by Gasteiger charge is -2.19. The predicted octanol–water partition coefficient (Wildman–Crippen LogP) is 3.85. The van der Waals surface area contributed by atoms with E-state index in [0.717, 1.165) is 0 Å². The number of carbonyl (C=O) groups is 2. The highest BCUT2D eigenvalue weighted by atomic mass is 35.5. The minimum atomic E-state index is -0.794. The third kappa shape index (κ3) is 6.66. The lowest BCUT2D eigenvalue weighted by atomic mass is 10.0. The van der Waals surface area contributed by atoms with Crippen molar-refractivity contribution in [3.63, 3.8) is 0 Å². The van der Waals surface area contributed by atoms with Crippen LogP contribution in [0.5, 0.6) is 0 Å². The molecule has 2 rings (SSSR count). The number of aryl methyl sites for hydroxylation is 1. The number of rotatable bonds is 8. The van der Waals surface area contributed by atoms with Crippen molar-refractivity contribution in [2.75, 3.05) is 0 Å². The molecule has 2 N–H and O–H groups in total. The van der Waals surface area contributed by atoms with Crippen LogP contribution in [0.15, 0.2) is 47.6 Å². The molecular weight excluding hydrogens is 408 g/mol. The molecular formula is C21H23ClN4O4. The van der Waals surface area contributed by atoms with Gasteiger partial charge in [-0.1, -0.05) is 37.6 Å². The van der Waals surface area contributed by atoms with Gasteiger partial charge in [0.15, 0.2) is 0 Å². The van der Waals surface area contributed by atoms with Crippen LogP contribution in [0.4, 0.5) is 5.69 Å². The second-order valence-corrected chi connectivity index (χ2v) is 7.64. The third-order valence-corrected chi connectivity index (χ3v) is 4.51. The molecule has 8 nitrogen and oxygen atoms in total. The minimum Gasteiger partial charge on any atom is -0.340 e. The largest absolute Gasteiger partial charge is 0.340 e. The van der Waals surface area contributed by atoms with Crippen molar-refractivity contribution in [1.29, 1.82) is 0 Å². The fourth-order valence-electron chi connectivity index (χ4n) is 2.70.